The van der Waals surface area contributed by atoms with Gasteiger partial charge in [0.1, 0.15) is 0 Å². The Kier molecular flexibility index (Phi) is 18.3. The van der Waals surface area contributed by atoms with Gasteiger partial charge in [0.2, 0.25) is 0 Å². The Labute approximate surface area is 222 Å². The van der Waals surface area contributed by atoms with E-state index in [1.54, 1.807) is 43.8 Å². The van der Waals surface area contributed by atoms with Crippen LogP contribution >= 0.6 is 0 Å². The maximum atomic E-state index is 5.00. The van der Waals surface area contributed by atoms with E-state index in [2.05, 4.69) is 32.9 Å². The molecule has 0 aromatic rings. The van der Waals surface area contributed by atoms with Gasteiger partial charge < -0.3 is 0 Å². The average molecular weight is 483 g/mol. The highest BCUT2D eigenvalue weighted by Crippen LogP contribution is 2.60. The minimum absolute atomic E-state index is 0.847. The van der Waals surface area contributed by atoms with Gasteiger partial charge >= 0.3 is 0 Å². The summed E-state index contributed by atoms with van der Waals surface area (Å²) in [4.78, 5) is 0. The van der Waals surface area contributed by atoms with Crippen LogP contribution in [0.25, 0.3) is 0 Å². The van der Waals surface area contributed by atoms with Gasteiger partial charge in [0.15, 0.2) is 0 Å². The average Bonchev–Trinajstić information content (AvgIpc) is 3.37. The Hall–Kier alpha value is -1.22. The number of terminal acetylenes is 1. The number of rotatable bonds is 3. The van der Waals surface area contributed by atoms with Gasteiger partial charge in [-0.1, -0.05) is 98.6 Å². The van der Waals surface area contributed by atoms with Crippen molar-refractivity contribution in [2.45, 2.75) is 127 Å². The fraction of sp³-hybridized carbons (Fsp3) is 0.771. The molecular weight excluding hydrogens is 420 g/mol. The molecule has 4 fully saturated rings. The first-order valence-electron chi connectivity index (χ1n) is 15.5. The molecule has 4 saturated carbocycles. The Morgan fingerprint density at radius 1 is 0.800 bits per heavy atom. The minimum Gasteiger partial charge on any atom is -0.115 e. The monoisotopic (exact) mass is 482 g/mol. The molecule has 7 unspecified atom stereocenters. The number of fused-ring (bicyclic) bond motifs is 5. The van der Waals surface area contributed by atoms with E-state index in [9.17, 15) is 0 Å². The lowest BCUT2D eigenvalue weighted by Gasteiger charge is -2.53. The molecule has 4 aliphatic rings. The summed E-state index contributed by atoms with van der Waals surface area (Å²) in [5.41, 5.74) is 2.42. The first-order chi connectivity index (χ1) is 17.0. The molecule has 0 spiro atoms. The number of hydrogen-bond donors (Lipinski definition) is 0. The van der Waals surface area contributed by atoms with E-state index in [1.807, 2.05) is 54.5 Å². The third-order valence-electron chi connectivity index (χ3n) is 9.21. The van der Waals surface area contributed by atoms with Crippen molar-refractivity contribution in [2.75, 3.05) is 0 Å². The van der Waals surface area contributed by atoms with Crippen molar-refractivity contribution in [3.8, 4) is 12.3 Å². The molecule has 35 heavy (non-hydrogen) atoms. The summed E-state index contributed by atoms with van der Waals surface area (Å²) in [5.74, 6) is 10.9. The van der Waals surface area contributed by atoms with Gasteiger partial charge in [-0.25, -0.2) is 0 Å². The highest BCUT2D eigenvalue weighted by Gasteiger charge is 2.51. The Morgan fingerprint density at radius 3 is 1.80 bits per heavy atom. The van der Waals surface area contributed by atoms with Crippen molar-refractivity contribution in [3.63, 3.8) is 0 Å². The highest BCUT2D eigenvalue weighted by atomic mass is 14.6. The third-order valence-corrected chi connectivity index (χ3v) is 9.21. The normalized spacial score (nSPS) is 34.5. The first kappa shape index (κ1) is 33.8. The van der Waals surface area contributed by atoms with E-state index in [0.29, 0.717) is 0 Å². The van der Waals surface area contributed by atoms with Crippen LogP contribution in [0.1, 0.15) is 127 Å². The lowest BCUT2D eigenvalue weighted by molar-refractivity contribution is -0.0308. The van der Waals surface area contributed by atoms with Crippen molar-refractivity contribution in [2.24, 2.45) is 47.3 Å². The van der Waals surface area contributed by atoms with Crippen LogP contribution < -0.4 is 0 Å². The number of hydrogen-bond acceptors (Lipinski definition) is 0. The summed E-state index contributed by atoms with van der Waals surface area (Å²) < 4.78 is 0. The molecule has 0 aromatic heterocycles. The first-order valence-corrected chi connectivity index (χ1v) is 15.5. The van der Waals surface area contributed by atoms with Gasteiger partial charge in [0, 0.05) is 5.57 Å². The van der Waals surface area contributed by atoms with Crippen LogP contribution in [0.5, 0.6) is 0 Å². The molecule has 0 nitrogen and oxygen atoms in total. The van der Waals surface area contributed by atoms with E-state index in [0.717, 1.165) is 52.9 Å². The van der Waals surface area contributed by atoms with Crippen LogP contribution in [0.4, 0.5) is 0 Å². The summed E-state index contributed by atoms with van der Waals surface area (Å²) in [7, 11) is 0. The zero-order valence-electron chi connectivity index (χ0n) is 25.3. The van der Waals surface area contributed by atoms with Crippen molar-refractivity contribution >= 4 is 0 Å². The van der Waals surface area contributed by atoms with Crippen LogP contribution in [0.15, 0.2) is 36.5 Å². The molecular formula is C35H62. The molecule has 8 atom stereocenters. The van der Waals surface area contributed by atoms with Crippen LogP contribution in [0, 0.1) is 59.7 Å². The predicted octanol–water partition coefficient (Wildman–Crippen LogP) is 11.3. The van der Waals surface area contributed by atoms with E-state index in [4.69, 9.17) is 6.42 Å². The Balaban J connectivity index is 0.000000758. The second-order valence-electron chi connectivity index (χ2n) is 10.4. The molecule has 0 aliphatic heterocycles. The standard InChI is InChI=1S/C22H36.C7H8.3C2H6/c1-4-15(3)17-9-10-22-19(17)11-12-20-18-7-5-14(2)13-16(18)6-8-21(20)22;1-4-7(5-2)6-3;3*1-2/h14,16-22H,3-13H2,1-2H3;1,5-6H,2H2,3H3;3*1-2H3/b;7-6-;;;/t14?,16?,17?,18?,19-,20?,21?,22?;;;;/m0..../s1. The summed E-state index contributed by atoms with van der Waals surface area (Å²) in [6.07, 6.45) is 23.6. The van der Waals surface area contributed by atoms with Crippen molar-refractivity contribution in [1.82, 2.24) is 0 Å². The molecule has 4 rings (SSSR count). The van der Waals surface area contributed by atoms with Crippen molar-refractivity contribution in [1.29, 1.82) is 0 Å². The van der Waals surface area contributed by atoms with Crippen molar-refractivity contribution in [3.05, 3.63) is 36.5 Å². The molecule has 0 bridgehead atoms. The Morgan fingerprint density at radius 2 is 1.29 bits per heavy atom. The Bertz CT molecular complexity index is 643. The minimum atomic E-state index is 0.847. The molecule has 0 radical (unpaired) electrons. The summed E-state index contributed by atoms with van der Waals surface area (Å²) in [6.45, 7) is 26.6. The molecule has 0 N–H and O–H groups in total. The summed E-state index contributed by atoms with van der Waals surface area (Å²) >= 11 is 0. The fourth-order valence-corrected chi connectivity index (χ4v) is 7.78. The molecule has 0 saturated heterocycles. The zero-order valence-corrected chi connectivity index (χ0v) is 25.3. The summed E-state index contributed by atoms with van der Waals surface area (Å²) in [5, 5.41) is 0. The topological polar surface area (TPSA) is 0 Å². The van der Waals surface area contributed by atoms with E-state index >= 15 is 0 Å². The van der Waals surface area contributed by atoms with Crippen LogP contribution in [-0.4, -0.2) is 0 Å². The molecule has 4 aliphatic carbocycles. The molecule has 0 heterocycles. The van der Waals surface area contributed by atoms with E-state index in [1.165, 1.54) is 32.1 Å². The van der Waals surface area contributed by atoms with Gasteiger partial charge in [-0.2, -0.15) is 0 Å². The van der Waals surface area contributed by atoms with Gasteiger partial charge in [-0.05, 0) is 112 Å². The smallest absolute Gasteiger partial charge is 0.0194 e. The van der Waals surface area contributed by atoms with Crippen LogP contribution in [0.2, 0.25) is 0 Å². The zero-order chi connectivity index (χ0) is 27.0. The molecule has 202 valence electrons. The maximum Gasteiger partial charge on any atom is 0.0194 e. The van der Waals surface area contributed by atoms with E-state index < -0.39 is 0 Å². The van der Waals surface area contributed by atoms with Crippen LogP contribution in [-0.2, 0) is 0 Å². The largest absolute Gasteiger partial charge is 0.115 e. The van der Waals surface area contributed by atoms with Crippen LogP contribution in [0.3, 0.4) is 0 Å². The summed E-state index contributed by atoms with van der Waals surface area (Å²) in [6, 6.07) is 0. The lowest BCUT2D eigenvalue weighted by Crippen LogP contribution is -2.45. The fourth-order valence-electron chi connectivity index (χ4n) is 7.78. The highest BCUT2D eigenvalue weighted by molar-refractivity contribution is 5.33. The second-order valence-corrected chi connectivity index (χ2v) is 10.4. The van der Waals surface area contributed by atoms with Gasteiger partial charge in [0.05, 0.1) is 0 Å². The van der Waals surface area contributed by atoms with Crippen molar-refractivity contribution < 1.29 is 0 Å². The molecule has 0 aromatic carbocycles. The maximum absolute atomic E-state index is 5.00. The SMILES string of the molecule is C#C/C(C=C)=C/C.C=C(CC)C1CCC2C3CCC4CC(C)CCC4C3CC[C@@H]12.CC.CC.CC. The second kappa shape index (κ2) is 19.0. The predicted molar refractivity (Wildman–Crippen MR) is 161 cm³/mol. The quantitative estimate of drug-likeness (QED) is 0.213. The molecule has 0 amide bonds. The van der Waals surface area contributed by atoms with E-state index in [-0.39, 0.29) is 0 Å². The van der Waals surface area contributed by atoms with Gasteiger partial charge in [-0.3, -0.25) is 0 Å². The van der Waals surface area contributed by atoms with Gasteiger partial charge in [0.25, 0.3) is 0 Å². The lowest BCUT2D eigenvalue weighted by atomic mass is 9.52. The van der Waals surface area contributed by atoms with Gasteiger partial charge in [-0.15, -0.1) is 6.42 Å². The third kappa shape index (κ3) is 8.99. The molecule has 0 heteroatoms. The number of allylic oxidation sites excluding steroid dienone is 4.